The molecule has 0 aromatic carbocycles. The number of thiophene rings is 1. The second-order valence-electron chi connectivity index (χ2n) is 22.3. The van der Waals surface area contributed by atoms with Crippen molar-refractivity contribution in [1.29, 1.82) is 0 Å². The van der Waals surface area contributed by atoms with Crippen LogP contribution in [0.25, 0.3) is 0 Å². The Morgan fingerprint density at radius 3 is 1.96 bits per heavy atom. The van der Waals surface area contributed by atoms with Gasteiger partial charge in [0.1, 0.15) is 30.5 Å². The Balaban J connectivity index is 1.42. The molecule has 2 bridgehead atoms. The number of hydrogen-bond donors (Lipinski definition) is 16. The summed E-state index contributed by atoms with van der Waals surface area (Å²) in [6, 6.07) is 2.42. The SMILES string of the molecule is C[C@@H]1[C@H](O)[C@@H](C)C=CC=CC=CC=CC=CC=CC=C[C@H](OC2O[C@H](C)[C@@H](O)[C@H](NC[C@@]3(O)OC[C@@H](O)[C@H](O)[C@@H]3O)[C@@H]2O)CC2O[C@](O)(C[C@@H](O)C[C@@H](O)[C@H](O)CC[C@@H](O)C[C@@H](O)CC(=O)O[C@H]1C)C[C@H](O)C2C(=O)NCCc1cccs1. The van der Waals surface area contributed by atoms with Crippen LogP contribution in [-0.2, 0) is 39.7 Å². The number of aliphatic hydroxyl groups excluding tert-OH is 12. The quantitative estimate of drug-likeness (QED) is 0.138. The number of fused-ring (bicyclic) bond motifs is 2. The summed E-state index contributed by atoms with van der Waals surface area (Å²) in [4.78, 5) is 27.9. The third-order valence-corrected chi connectivity index (χ3v) is 16.4. The molecular formula is C59H90N2O21S. The molecule has 0 saturated carbocycles. The average Bonchev–Trinajstić information content (AvgIpc) is 4.04. The Kier molecular flexibility index (Phi) is 28.5. The van der Waals surface area contributed by atoms with Crippen LogP contribution in [0.2, 0.25) is 0 Å². The van der Waals surface area contributed by atoms with Gasteiger partial charge < -0.3 is 106 Å². The van der Waals surface area contributed by atoms with Crippen molar-refractivity contribution in [1.82, 2.24) is 10.6 Å². The summed E-state index contributed by atoms with van der Waals surface area (Å²) in [5.74, 6) is -8.37. The first-order valence-corrected chi connectivity index (χ1v) is 29.3. The normalized spacial score (nSPS) is 41.1. The number of esters is 1. The molecule has 4 aliphatic rings. The second-order valence-corrected chi connectivity index (χ2v) is 23.4. The van der Waals surface area contributed by atoms with Crippen molar-refractivity contribution < 1.29 is 105 Å². The molecule has 5 heterocycles. The molecule has 1 amide bonds. The Morgan fingerprint density at radius 1 is 0.687 bits per heavy atom. The summed E-state index contributed by atoms with van der Waals surface area (Å²) in [6.07, 6.45) is -2.57. The zero-order chi connectivity index (χ0) is 61.0. The fourth-order valence-corrected chi connectivity index (χ4v) is 11.1. The van der Waals surface area contributed by atoms with E-state index in [4.69, 9.17) is 23.7 Å². The van der Waals surface area contributed by atoms with Crippen molar-refractivity contribution in [2.24, 2.45) is 17.8 Å². The summed E-state index contributed by atoms with van der Waals surface area (Å²) in [5.41, 5.74) is 0. The number of cyclic esters (lactones) is 1. The number of nitrogens with one attached hydrogen (secondary N) is 2. The number of hydrogen-bond acceptors (Lipinski definition) is 23. The van der Waals surface area contributed by atoms with Crippen LogP contribution in [0.5, 0.6) is 0 Å². The number of rotatable bonds is 9. The van der Waals surface area contributed by atoms with Crippen LogP contribution in [0.15, 0.2) is 103 Å². The van der Waals surface area contributed by atoms with E-state index in [1.54, 1.807) is 86.8 Å². The fourth-order valence-electron chi connectivity index (χ4n) is 10.4. The maximum atomic E-state index is 14.1. The van der Waals surface area contributed by atoms with Crippen molar-refractivity contribution in [3.63, 3.8) is 0 Å². The Hall–Kier alpha value is -3.94. The Morgan fingerprint density at radius 2 is 1.33 bits per heavy atom. The lowest BCUT2D eigenvalue weighted by Gasteiger charge is -2.47. The number of carbonyl (C=O) groups excluding carboxylic acids is 2. The lowest BCUT2D eigenvalue weighted by Crippen LogP contribution is -2.69. The molecule has 0 aliphatic carbocycles. The highest BCUT2D eigenvalue weighted by molar-refractivity contribution is 7.09. The van der Waals surface area contributed by atoms with E-state index in [9.17, 15) is 81.1 Å². The van der Waals surface area contributed by atoms with Crippen molar-refractivity contribution >= 4 is 23.2 Å². The molecule has 1 aromatic rings. The highest BCUT2D eigenvalue weighted by atomic mass is 32.1. The summed E-state index contributed by atoms with van der Waals surface area (Å²) in [5, 5.41) is 162. The molecule has 0 spiro atoms. The van der Waals surface area contributed by atoms with E-state index in [2.05, 4.69) is 10.6 Å². The number of aliphatic hydroxyl groups is 14. The summed E-state index contributed by atoms with van der Waals surface area (Å²) in [7, 11) is 0. The van der Waals surface area contributed by atoms with Gasteiger partial charge >= 0.3 is 5.97 Å². The molecule has 3 saturated heterocycles. The predicted octanol–water partition coefficient (Wildman–Crippen LogP) is -0.520. The van der Waals surface area contributed by atoms with Gasteiger partial charge in [-0.3, -0.25) is 9.59 Å². The highest BCUT2D eigenvalue weighted by Crippen LogP contribution is 2.39. The molecule has 1 aromatic heterocycles. The van der Waals surface area contributed by atoms with Gasteiger partial charge in [-0.1, -0.05) is 105 Å². The Labute approximate surface area is 488 Å². The van der Waals surface area contributed by atoms with Crippen LogP contribution in [0, 0.1) is 17.8 Å². The van der Waals surface area contributed by atoms with Gasteiger partial charge in [-0.2, -0.15) is 0 Å². The number of amides is 1. The minimum absolute atomic E-state index is 0.130. The van der Waals surface area contributed by atoms with Gasteiger partial charge in [-0.25, -0.2) is 0 Å². The maximum absolute atomic E-state index is 14.1. The van der Waals surface area contributed by atoms with E-state index in [1.807, 2.05) is 30.5 Å². The molecule has 468 valence electrons. The number of allylic oxidation sites excluding steroid dienone is 12. The van der Waals surface area contributed by atoms with Gasteiger partial charge in [0.05, 0.1) is 98.7 Å². The molecule has 23 nitrogen and oxygen atoms in total. The molecule has 83 heavy (non-hydrogen) atoms. The van der Waals surface area contributed by atoms with E-state index < -0.39 is 184 Å². The third-order valence-electron chi connectivity index (χ3n) is 15.5. The van der Waals surface area contributed by atoms with Crippen LogP contribution < -0.4 is 10.6 Å². The van der Waals surface area contributed by atoms with Gasteiger partial charge in [0.2, 0.25) is 11.7 Å². The fraction of sp³-hybridized carbons (Fsp3) is 0.661. The van der Waals surface area contributed by atoms with Gasteiger partial charge in [0.25, 0.3) is 0 Å². The van der Waals surface area contributed by atoms with Crippen LogP contribution in [0.4, 0.5) is 0 Å². The first-order valence-electron chi connectivity index (χ1n) is 28.5. The maximum Gasteiger partial charge on any atom is 0.308 e. The van der Waals surface area contributed by atoms with E-state index in [-0.39, 0.29) is 38.1 Å². The molecule has 3 unspecified atom stereocenters. The molecule has 16 N–H and O–H groups in total. The summed E-state index contributed by atoms with van der Waals surface area (Å²) < 4.78 is 29.5. The standard InChI is InChI=1S/C59H90N2O21S/c1-34-18-15-13-11-9-7-5-6-8-10-12-14-16-19-41(81-57-54(73)50(52(71)37(4)80-57)61-33-59(77)55(74)53(72)46(68)32-78-59)29-47-49(56(75)60-24-23-42-20-17-25-83-42)45(67)31-58(76,82-47)30-40(64)27-44(66)43(65)22-21-38(62)26-39(63)28-48(69)79-36(3)35(2)51(34)70/h5-20,25,34-41,43-47,49-55,57,61-68,70-74,76-77H,21-24,26-33H2,1-4H3,(H,60,75)/t34-,35-,36-,37+,38+,39+,40-,41-,43+,44+,45-,46+,47?,49?,50-,51+,52+,53-,54-,55-,57?,58+,59+/m0/s1. The first-order chi connectivity index (χ1) is 39.3. The zero-order valence-corrected chi connectivity index (χ0v) is 48.3. The topological polar surface area (TPSA) is 388 Å². The predicted molar refractivity (Wildman–Crippen MR) is 303 cm³/mol. The first kappa shape index (κ1) is 69.8. The Bertz CT molecular complexity index is 2320. The van der Waals surface area contributed by atoms with Gasteiger partial charge in [-0.15, -0.1) is 11.3 Å². The van der Waals surface area contributed by atoms with Crippen LogP contribution in [-0.4, -0.2) is 225 Å². The lowest BCUT2D eigenvalue weighted by molar-refractivity contribution is -0.323. The van der Waals surface area contributed by atoms with Crippen LogP contribution >= 0.6 is 11.3 Å². The third kappa shape index (κ3) is 21.8. The van der Waals surface area contributed by atoms with Crippen molar-refractivity contribution in [2.75, 3.05) is 19.7 Å². The smallest absolute Gasteiger partial charge is 0.308 e. The van der Waals surface area contributed by atoms with Crippen molar-refractivity contribution in [3.8, 4) is 0 Å². The van der Waals surface area contributed by atoms with Crippen LogP contribution in [0.1, 0.15) is 83.9 Å². The highest BCUT2D eigenvalue weighted by Gasteiger charge is 2.53. The summed E-state index contributed by atoms with van der Waals surface area (Å²) in [6.45, 7) is 5.65. The van der Waals surface area contributed by atoms with E-state index in [0.717, 1.165) is 4.88 Å². The van der Waals surface area contributed by atoms with Gasteiger partial charge in [0.15, 0.2) is 12.1 Å². The minimum atomic E-state index is -2.47. The number of carbonyl (C=O) groups is 2. The van der Waals surface area contributed by atoms with Crippen molar-refractivity contribution in [3.05, 3.63) is 107 Å². The molecule has 3 fully saturated rings. The van der Waals surface area contributed by atoms with E-state index in [0.29, 0.717) is 6.42 Å². The second kappa shape index (κ2) is 33.8. The largest absolute Gasteiger partial charge is 0.462 e. The number of ether oxygens (including phenoxy) is 5. The average molecular weight is 1200 g/mol. The monoisotopic (exact) mass is 1190 g/mol. The van der Waals surface area contributed by atoms with E-state index in [1.165, 1.54) is 24.3 Å². The molecular weight excluding hydrogens is 1100 g/mol. The molecule has 5 rings (SSSR count). The van der Waals surface area contributed by atoms with Crippen LogP contribution in [0.3, 0.4) is 0 Å². The van der Waals surface area contributed by atoms with Gasteiger partial charge in [-0.05, 0) is 51.0 Å². The zero-order valence-electron chi connectivity index (χ0n) is 47.5. The van der Waals surface area contributed by atoms with Crippen molar-refractivity contribution in [2.45, 2.75) is 207 Å². The molecule has 23 atom stereocenters. The molecule has 24 heteroatoms. The van der Waals surface area contributed by atoms with E-state index >= 15 is 0 Å². The summed E-state index contributed by atoms with van der Waals surface area (Å²) >= 11 is 1.49. The molecule has 4 aliphatic heterocycles. The lowest BCUT2D eigenvalue weighted by atomic mass is 9.82. The van der Waals surface area contributed by atoms with Gasteiger partial charge in [0, 0.05) is 48.9 Å². The minimum Gasteiger partial charge on any atom is -0.462 e. The molecule has 0 radical (unpaired) electrons.